The van der Waals surface area contributed by atoms with E-state index in [0.717, 1.165) is 38.2 Å². The average molecular weight is 285 g/mol. The van der Waals surface area contributed by atoms with Crippen molar-refractivity contribution in [3.05, 3.63) is 29.8 Å². The Kier molecular flexibility index (Phi) is 5.29. The maximum Gasteiger partial charge on any atom is 0.257 e. The monoisotopic (exact) mass is 285 g/mol. The topological polar surface area (TPSA) is 47.6 Å². The second-order valence-electron chi connectivity index (χ2n) is 4.72. The molecule has 2 rings (SSSR count). The van der Waals surface area contributed by atoms with E-state index in [4.69, 9.17) is 9.47 Å². The van der Waals surface area contributed by atoms with Crippen molar-refractivity contribution in [2.24, 2.45) is 5.92 Å². The van der Waals surface area contributed by atoms with Crippen LogP contribution in [-0.4, -0.2) is 32.3 Å². The molecule has 1 N–H and O–H groups in total. The van der Waals surface area contributed by atoms with Crippen molar-refractivity contribution in [2.45, 2.75) is 12.8 Å². The number of hydrogen-bond acceptors (Lipinski definition) is 3. The Balaban J connectivity index is 1.70. The number of rotatable bonds is 5. The number of carbonyl (C=O) groups is 1. The Bertz CT molecular complexity index is 462. The first kappa shape index (κ1) is 14.7. The maximum absolute atomic E-state index is 12.9. The van der Waals surface area contributed by atoms with E-state index in [1.807, 2.05) is 0 Å². The zero-order valence-corrected chi connectivity index (χ0v) is 11.0. The smallest absolute Gasteiger partial charge is 0.257 e. The van der Waals surface area contributed by atoms with E-state index in [1.54, 1.807) is 0 Å². The fourth-order valence-electron chi connectivity index (χ4n) is 1.98. The SMILES string of the molecule is O=C(COc1ccc(F)c(F)c1)NCC1CCOCC1. The van der Waals surface area contributed by atoms with Gasteiger partial charge in [-0.05, 0) is 30.9 Å². The summed E-state index contributed by atoms with van der Waals surface area (Å²) >= 11 is 0. The van der Waals surface area contributed by atoms with Gasteiger partial charge < -0.3 is 14.8 Å². The predicted molar refractivity (Wildman–Crippen MR) is 68.4 cm³/mol. The molecule has 1 heterocycles. The highest BCUT2D eigenvalue weighted by Gasteiger charge is 2.14. The summed E-state index contributed by atoms with van der Waals surface area (Å²) in [7, 11) is 0. The van der Waals surface area contributed by atoms with Gasteiger partial charge in [-0.2, -0.15) is 0 Å². The van der Waals surface area contributed by atoms with E-state index in [0.29, 0.717) is 12.5 Å². The Morgan fingerprint density at radius 2 is 2.05 bits per heavy atom. The van der Waals surface area contributed by atoms with Gasteiger partial charge in [-0.25, -0.2) is 8.78 Å². The molecule has 0 bridgehead atoms. The Hall–Kier alpha value is -1.69. The van der Waals surface area contributed by atoms with E-state index in [9.17, 15) is 13.6 Å². The van der Waals surface area contributed by atoms with E-state index in [1.165, 1.54) is 6.07 Å². The number of amides is 1. The van der Waals surface area contributed by atoms with Crippen LogP contribution >= 0.6 is 0 Å². The van der Waals surface area contributed by atoms with Gasteiger partial charge in [-0.15, -0.1) is 0 Å². The summed E-state index contributed by atoms with van der Waals surface area (Å²) in [4.78, 5) is 11.6. The molecule has 0 unspecified atom stereocenters. The normalized spacial score (nSPS) is 15.9. The van der Waals surface area contributed by atoms with Crippen LogP contribution in [0.5, 0.6) is 5.75 Å². The molecule has 1 fully saturated rings. The van der Waals surface area contributed by atoms with Crippen LogP contribution in [0, 0.1) is 17.6 Å². The van der Waals surface area contributed by atoms with Crippen molar-refractivity contribution in [1.29, 1.82) is 0 Å². The van der Waals surface area contributed by atoms with E-state index >= 15 is 0 Å². The lowest BCUT2D eigenvalue weighted by Gasteiger charge is -2.22. The molecule has 1 saturated heterocycles. The van der Waals surface area contributed by atoms with Crippen molar-refractivity contribution in [1.82, 2.24) is 5.32 Å². The predicted octanol–water partition coefficient (Wildman–Crippen LogP) is 1.89. The number of ether oxygens (including phenoxy) is 2. The van der Waals surface area contributed by atoms with Gasteiger partial charge in [0.2, 0.25) is 0 Å². The van der Waals surface area contributed by atoms with Crippen LogP contribution in [0.2, 0.25) is 0 Å². The minimum absolute atomic E-state index is 0.130. The second kappa shape index (κ2) is 7.19. The van der Waals surface area contributed by atoms with Gasteiger partial charge in [0.05, 0.1) is 0 Å². The molecule has 1 aliphatic heterocycles. The summed E-state index contributed by atoms with van der Waals surface area (Å²) in [6.45, 7) is 1.83. The number of hydrogen-bond donors (Lipinski definition) is 1. The summed E-state index contributed by atoms with van der Waals surface area (Å²) in [5.41, 5.74) is 0. The molecule has 0 atom stereocenters. The third-order valence-corrected chi connectivity index (χ3v) is 3.19. The van der Waals surface area contributed by atoms with Gasteiger partial charge in [0.15, 0.2) is 18.2 Å². The fourth-order valence-corrected chi connectivity index (χ4v) is 1.98. The highest BCUT2D eigenvalue weighted by atomic mass is 19.2. The minimum Gasteiger partial charge on any atom is -0.484 e. The highest BCUT2D eigenvalue weighted by molar-refractivity contribution is 5.77. The molecular formula is C14H17F2NO3. The minimum atomic E-state index is -0.995. The van der Waals surface area contributed by atoms with Gasteiger partial charge >= 0.3 is 0 Å². The molecule has 1 aliphatic rings. The summed E-state index contributed by atoms with van der Waals surface area (Å²) in [5.74, 6) is -1.66. The second-order valence-corrected chi connectivity index (χ2v) is 4.72. The largest absolute Gasteiger partial charge is 0.484 e. The van der Waals surface area contributed by atoms with Crippen LogP contribution in [-0.2, 0) is 9.53 Å². The van der Waals surface area contributed by atoms with Gasteiger partial charge in [0.25, 0.3) is 5.91 Å². The summed E-state index contributed by atoms with van der Waals surface area (Å²) in [6.07, 6.45) is 1.87. The Morgan fingerprint density at radius 3 is 2.75 bits per heavy atom. The number of benzene rings is 1. The standard InChI is InChI=1S/C14H17F2NO3/c15-12-2-1-11(7-13(12)16)20-9-14(18)17-8-10-3-5-19-6-4-10/h1-2,7,10H,3-6,8-9H2,(H,17,18). The summed E-state index contributed by atoms with van der Waals surface area (Å²) in [6, 6.07) is 3.16. The zero-order valence-electron chi connectivity index (χ0n) is 11.0. The third kappa shape index (κ3) is 4.45. The summed E-state index contributed by atoms with van der Waals surface area (Å²) < 4.78 is 36.0. The zero-order chi connectivity index (χ0) is 14.4. The lowest BCUT2D eigenvalue weighted by molar-refractivity contribution is -0.123. The lowest BCUT2D eigenvalue weighted by Crippen LogP contribution is -2.35. The average Bonchev–Trinajstić information content (AvgIpc) is 2.47. The fraction of sp³-hybridized carbons (Fsp3) is 0.500. The summed E-state index contributed by atoms with van der Waals surface area (Å²) in [5, 5.41) is 2.76. The first-order valence-corrected chi connectivity index (χ1v) is 6.57. The molecule has 0 spiro atoms. The quantitative estimate of drug-likeness (QED) is 0.898. The van der Waals surface area contributed by atoms with E-state index in [-0.39, 0.29) is 18.3 Å². The van der Waals surface area contributed by atoms with Crippen LogP contribution < -0.4 is 10.1 Å². The molecule has 1 aromatic rings. The highest BCUT2D eigenvalue weighted by Crippen LogP contribution is 2.15. The molecular weight excluding hydrogens is 268 g/mol. The first-order chi connectivity index (χ1) is 9.65. The Labute approximate surface area is 116 Å². The van der Waals surface area contributed by atoms with E-state index < -0.39 is 11.6 Å². The van der Waals surface area contributed by atoms with Gasteiger partial charge in [-0.3, -0.25) is 4.79 Å². The Morgan fingerprint density at radius 1 is 1.30 bits per heavy atom. The van der Waals surface area contributed by atoms with Crippen LogP contribution in [0.25, 0.3) is 0 Å². The van der Waals surface area contributed by atoms with Crippen LogP contribution in [0.3, 0.4) is 0 Å². The molecule has 0 aliphatic carbocycles. The van der Waals surface area contributed by atoms with Gasteiger partial charge in [0.1, 0.15) is 5.75 Å². The molecule has 4 nitrogen and oxygen atoms in total. The first-order valence-electron chi connectivity index (χ1n) is 6.57. The molecule has 6 heteroatoms. The molecule has 1 aromatic carbocycles. The van der Waals surface area contributed by atoms with Crippen molar-refractivity contribution in [3.63, 3.8) is 0 Å². The van der Waals surface area contributed by atoms with Crippen LogP contribution in [0.4, 0.5) is 8.78 Å². The number of carbonyl (C=O) groups excluding carboxylic acids is 1. The molecule has 0 aromatic heterocycles. The maximum atomic E-state index is 12.9. The van der Waals surface area contributed by atoms with Crippen molar-refractivity contribution >= 4 is 5.91 Å². The van der Waals surface area contributed by atoms with Crippen LogP contribution in [0.1, 0.15) is 12.8 Å². The van der Waals surface area contributed by atoms with Gasteiger partial charge in [0, 0.05) is 25.8 Å². The molecule has 1 amide bonds. The molecule has 20 heavy (non-hydrogen) atoms. The number of halogens is 2. The third-order valence-electron chi connectivity index (χ3n) is 3.19. The van der Waals surface area contributed by atoms with Crippen molar-refractivity contribution < 1.29 is 23.0 Å². The lowest BCUT2D eigenvalue weighted by atomic mass is 10.0. The van der Waals surface area contributed by atoms with Crippen molar-refractivity contribution in [2.75, 3.05) is 26.4 Å². The number of nitrogens with one attached hydrogen (secondary N) is 1. The van der Waals surface area contributed by atoms with Crippen molar-refractivity contribution in [3.8, 4) is 5.75 Å². The van der Waals surface area contributed by atoms with Gasteiger partial charge in [-0.1, -0.05) is 0 Å². The molecule has 0 saturated carbocycles. The molecule has 110 valence electrons. The van der Waals surface area contributed by atoms with Crippen LogP contribution in [0.15, 0.2) is 18.2 Å². The molecule has 0 radical (unpaired) electrons. The van der Waals surface area contributed by atoms with E-state index in [2.05, 4.69) is 5.32 Å².